The molecule has 1 fully saturated rings. The van der Waals surface area contributed by atoms with Crippen LogP contribution in [0.4, 0.5) is 5.69 Å². The standard InChI is InChI=1S/C14H19BrN2O2/c1-9(14(18)17-10-5-2-3-6-10)19-13-11(15)7-4-8-12(13)16/h4,7-10H,2-3,5-6,16H2,1H3,(H,17,18). The van der Waals surface area contributed by atoms with E-state index in [1.807, 2.05) is 12.1 Å². The number of hydrogen-bond donors (Lipinski definition) is 2. The largest absolute Gasteiger partial charge is 0.478 e. The molecule has 3 N–H and O–H groups in total. The predicted octanol–water partition coefficient (Wildman–Crippen LogP) is 2.86. The summed E-state index contributed by atoms with van der Waals surface area (Å²) in [5, 5.41) is 3.02. The highest BCUT2D eigenvalue weighted by Gasteiger charge is 2.22. The maximum absolute atomic E-state index is 12.0. The van der Waals surface area contributed by atoms with Gasteiger partial charge >= 0.3 is 0 Å². The molecule has 0 spiro atoms. The van der Waals surface area contributed by atoms with Crippen LogP contribution in [0.15, 0.2) is 22.7 Å². The molecule has 0 aromatic heterocycles. The number of para-hydroxylation sites is 1. The number of nitrogens with two attached hydrogens (primary N) is 1. The van der Waals surface area contributed by atoms with Crippen molar-refractivity contribution < 1.29 is 9.53 Å². The average molecular weight is 327 g/mol. The van der Waals surface area contributed by atoms with Crippen LogP contribution in [0, 0.1) is 0 Å². The first-order valence-electron chi connectivity index (χ1n) is 6.59. The third-order valence-electron chi connectivity index (χ3n) is 3.36. The highest BCUT2D eigenvalue weighted by molar-refractivity contribution is 9.10. The molecule has 0 bridgehead atoms. The second-order valence-corrected chi connectivity index (χ2v) is 5.76. The lowest BCUT2D eigenvalue weighted by molar-refractivity contribution is -0.127. The molecule has 5 heteroatoms. The Kier molecular flexibility index (Phi) is 4.69. The summed E-state index contributed by atoms with van der Waals surface area (Å²) in [5.41, 5.74) is 6.37. The Labute approximate surface area is 121 Å². The van der Waals surface area contributed by atoms with E-state index in [0.29, 0.717) is 17.5 Å². The van der Waals surface area contributed by atoms with Crippen LogP contribution in [0.5, 0.6) is 5.75 Å². The van der Waals surface area contributed by atoms with Crippen LogP contribution in [0.2, 0.25) is 0 Å². The molecule has 0 saturated heterocycles. The van der Waals surface area contributed by atoms with Crippen LogP contribution < -0.4 is 15.8 Å². The normalized spacial score (nSPS) is 17.2. The highest BCUT2D eigenvalue weighted by Crippen LogP contribution is 2.31. The number of carbonyl (C=O) groups excluding carboxylic acids is 1. The van der Waals surface area contributed by atoms with E-state index in [2.05, 4.69) is 21.2 Å². The molecule has 0 radical (unpaired) electrons. The van der Waals surface area contributed by atoms with Crippen molar-refractivity contribution in [2.45, 2.75) is 44.8 Å². The van der Waals surface area contributed by atoms with Crippen molar-refractivity contribution in [1.82, 2.24) is 5.32 Å². The fourth-order valence-electron chi connectivity index (χ4n) is 2.27. The number of amides is 1. The zero-order valence-corrected chi connectivity index (χ0v) is 12.6. The Morgan fingerprint density at radius 2 is 2.16 bits per heavy atom. The van der Waals surface area contributed by atoms with Gasteiger partial charge in [0.25, 0.3) is 5.91 Å². The van der Waals surface area contributed by atoms with E-state index in [4.69, 9.17) is 10.5 Å². The summed E-state index contributed by atoms with van der Waals surface area (Å²) < 4.78 is 6.42. The maximum atomic E-state index is 12.0. The lowest BCUT2D eigenvalue weighted by Crippen LogP contribution is -2.41. The Balaban J connectivity index is 1.96. The molecule has 1 atom stereocenters. The molecule has 1 aromatic rings. The molecule has 1 saturated carbocycles. The number of rotatable bonds is 4. The Bertz CT molecular complexity index is 439. The van der Waals surface area contributed by atoms with Crippen LogP contribution in [0.3, 0.4) is 0 Å². The first kappa shape index (κ1) is 14.2. The van der Waals surface area contributed by atoms with E-state index in [1.54, 1.807) is 13.0 Å². The predicted molar refractivity (Wildman–Crippen MR) is 79.0 cm³/mol. The molecule has 2 rings (SSSR count). The Morgan fingerprint density at radius 1 is 1.47 bits per heavy atom. The van der Waals surface area contributed by atoms with Crippen LogP contribution in [0.25, 0.3) is 0 Å². The van der Waals surface area contributed by atoms with Crippen LogP contribution in [-0.4, -0.2) is 18.1 Å². The van der Waals surface area contributed by atoms with Crippen molar-refractivity contribution >= 4 is 27.5 Å². The molecule has 1 aliphatic carbocycles. The van der Waals surface area contributed by atoms with Crippen molar-refractivity contribution in [3.8, 4) is 5.75 Å². The second-order valence-electron chi connectivity index (χ2n) is 4.91. The molecule has 1 amide bonds. The number of nitrogens with one attached hydrogen (secondary N) is 1. The zero-order chi connectivity index (χ0) is 13.8. The summed E-state index contributed by atoms with van der Waals surface area (Å²) in [5.74, 6) is 0.443. The fraction of sp³-hybridized carbons (Fsp3) is 0.500. The van der Waals surface area contributed by atoms with Gasteiger partial charge in [-0.05, 0) is 47.8 Å². The van der Waals surface area contributed by atoms with E-state index in [9.17, 15) is 4.79 Å². The Morgan fingerprint density at radius 3 is 2.79 bits per heavy atom. The van der Waals surface area contributed by atoms with Crippen molar-refractivity contribution in [3.05, 3.63) is 22.7 Å². The summed E-state index contributed by atoms with van der Waals surface area (Å²) in [6.07, 6.45) is 3.96. The highest BCUT2D eigenvalue weighted by atomic mass is 79.9. The van der Waals surface area contributed by atoms with Gasteiger partial charge in [-0.15, -0.1) is 0 Å². The molecule has 1 aromatic carbocycles. The van der Waals surface area contributed by atoms with E-state index in [0.717, 1.165) is 17.3 Å². The quantitative estimate of drug-likeness (QED) is 0.836. The van der Waals surface area contributed by atoms with Crippen molar-refractivity contribution in [3.63, 3.8) is 0 Å². The monoisotopic (exact) mass is 326 g/mol. The molecule has 0 aliphatic heterocycles. The van der Waals surface area contributed by atoms with Crippen molar-refractivity contribution in [2.24, 2.45) is 0 Å². The molecular formula is C14H19BrN2O2. The number of ether oxygens (including phenoxy) is 1. The number of anilines is 1. The minimum atomic E-state index is -0.554. The SMILES string of the molecule is CC(Oc1c(N)cccc1Br)C(=O)NC1CCCC1. The summed E-state index contributed by atoms with van der Waals surface area (Å²) in [6.45, 7) is 1.74. The molecule has 1 unspecified atom stereocenters. The number of benzene rings is 1. The smallest absolute Gasteiger partial charge is 0.260 e. The molecule has 104 valence electrons. The lowest BCUT2D eigenvalue weighted by Gasteiger charge is -2.19. The molecular weight excluding hydrogens is 308 g/mol. The second kappa shape index (κ2) is 6.28. The first-order chi connectivity index (χ1) is 9.08. The van der Waals surface area contributed by atoms with Gasteiger partial charge in [0.15, 0.2) is 11.9 Å². The third-order valence-corrected chi connectivity index (χ3v) is 3.99. The van der Waals surface area contributed by atoms with E-state index in [1.165, 1.54) is 12.8 Å². The molecule has 4 nitrogen and oxygen atoms in total. The number of nitrogen functional groups attached to an aromatic ring is 1. The van der Waals surface area contributed by atoms with Crippen molar-refractivity contribution in [2.75, 3.05) is 5.73 Å². The average Bonchev–Trinajstić information content (AvgIpc) is 2.86. The van der Waals surface area contributed by atoms with Crippen LogP contribution in [-0.2, 0) is 4.79 Å². The van der Waals surface area contributed by atoms with Gasteiger partial charge in [0.2, 0.25) is 0 Å². The molecule has 19 heavy (non-hydrogen) atoms. The third kappa shape index (κ3) is 3.62. The van der Waals surface area contributed by atoms with Gasteiger partial charge in [0, 0.05) is 6.04 Å². The summed E-state index contributed by atoms with van der Waals surface area (Å²) in [6, 6.07) is 5.72. The summed E-state index contributed by atoms with van der Waals surface area (Å²) in [4.78, 5) is 12.0. The summed E-state index contributed by atoms with van der Waals surface area (Å²) in [7, 11) is 0. The van der Waals surface area contributed by atoms with E-state index >= 15 is 0 Å². The van der Waals surface area contributed by atoms with Gasteiger partial charge in [0.05, 0.1) is 10.2 Å². The van der Waals surface area contributed by atoms with Crippen molar-refractivity contribution in [1.29, 1.82) is 0 Å². The lowest BCUT2D eigenvalue weighted by atomic mass is 10.2. The molecule has 1 aliphatic rings. The zero-order valence-electron chi connectivity index (χ0n) is 11.0. The van der Waals surface area contributed by atoms with Gasteiger partial charge in [-0.25, -0.2) is 0 Å². The van der Waals surface area contributed by atoms with E-state index in [-0.39, 0.29) is 5.91 Å². The number of halogens is 1. The van der Waals surface area contributed by atoms with Crippen LogP contribution in [0.1, 0.15) is 32.6 Å². The number of hydrogen-bond acceptors (Lipinski definition) is 3. The van der Waals surface area contributed by atoms with Gasteiger partial charge in [-0.1, -0.05) is 18.9 Å². The van der Waals surface area contributed by atoms with Gasteiger partial charge < -0.3 is 15.8 Å². The molecule has 0 heterocycles. The topological polar surface area (TPSA) is 64.3 Å². The minimum Gasteiger partial charge on any atom is -0.478 e. The van der Waals surface area contributed by atoms with Gasteiger partial charge in [-0.3, -0.25) is 4.79 Å². The first-order valence-corrected chi connectivity index (χ1v) is 7.38. The minimum absolute atomic E-state index is 0.0814. The fourth-order valence-corrected chi connectivity index (χ4v) is 2.74. The Hall–Kier alpha value is -1.23. The van der Waals surface area contributed by atoms with Gasteiger partial charge in [-0.2, -0.15) is 0 Å². The number of carbonyl (C=O) groups is 1. The van der Waals surface area contributed by atoms with Crippen LogP contribution >= 0.6 is 15.9 Å². The summed E-state index contributed by atoms with van der Waals surface area (Å²) >= 11 is 3.38. The van der Waals surface area contributed by atoms with Gasteiger partial charge in [0.1, 0.15) is 0 Å². The maximum Gasteiger partial charge on any atom is 0.260 e. The van der Waals surface area contributed by atoms with E-state index < -0.39 is 6.10 Å².